The number of anilines is 2. The van der Waals surface area contributed by atoms with Gasteiger partial charge in [0.2, 0.25) is 17.7 Å². The van der Waals surface area contributed by atoms with Crippen LogP contribution in [0, 0.1) is 12.7 Å². The number of nitrogens with zero attached hydrogens (tertiary/aromatic N) is 2. The van der Waals surface area contributed by atoms with Crippen molar-refractivity contribution in [3.8, 4) is 5.75 Å². The van der Waals surface area contributed by atoms with Crippen LogP contribution in [0.4, 0.5) is 15.9 Å². The molecule has 10 heteroatoms. The monoisotopic (exact) mass is 510 g/mol. The number of carbonyl (C=O) groups is 3. The minimum absolute atomic E-state index is 0.168. The van der Waals surface area contributed by atoms with Crippen LogP contribution in [0.2, 0.25) is 0 Å². The molecule has 0 aliphatic carbocycles. The molecule has 0 aliphatic heterocycles. The van der Waals surface area contributed by atoms with Crippen molar-refractivity contribution in [1.29, 1.82) is 0 Å². The Kier molecular flexibility index (Phi) is 8.65. The van der Waals surface area contributed by atoms with Gasteiger partial charge >= 0.3 is 0 Å². The first-order chi connectivity index (χ1) is 17.5. The van der Waals surface area contributed by atoms with Gasteiger partial charge in [0.25, 0.3) is 0 Å². The average molecular weight is 511 g/mol. The molecule has 0 bridgehead atoms. The Labute approximate surface area is 215 Å². The fourth-order valence-electron chi connectivity index (χ4n) is 3.65. The smallest absolute Gasteiger partial charge is 0.248 e. The van der Waals surface area contributed by atoms with Gasteiger partial charge in [-0.1, -0.05) is 17.3 Å². The summed E-state index contributed by atoms with van der Waals surface area (Å²) in [6, 6.07) is 12.5. The molecule has 3 amide bonds. The summed E-state index contributed by atoms with van der Waals surface area (Å²) in [5.74, 6) is -0.509. The minimum Gasteiger partial charge on any atom is -0.497 e. The van der Waals surface area contributed by atoms with Gasteiger partial charge in [0.15, 0.2) is 5.82 Å². The SMILES string of the molecule is COc1ccc([C@@H](C(=O)NC(C)(C)C)N(C(=O)CCC(=O)Nc2cc(C)on2)c2ccc(F)cc2)cc1. The van der Waals surface area contributed by atoms with Gasteiger partial charge in [-0.05, 0) is 69.7 Å². The Balaban J connectivity index is 1.95. The third kappa shape index (κ3) is 7.63. The number of hydrogen-bond acceptors (Lipinski definition) is 6. The molecule has 0 aliphatic rings. The summed E-state index contributed by atoms with van der Waals surface area (Å²) in [7, 11) is 1.53. The topological polar surface area (TPSA) is 114 Å². The third-order valence-electron chi connectivity index (χ3n) is 5.27. The first-order valence-corrected chi connectivity index (χ1v) is 11.7. The predicted molar refractivity (Wildman–Crippen MR) is 137 cm³/mol. The lowest BCUT2D eigenvalue weighted by molar-refractivity contribution is -0.128. The van der Waals surface area contributed by atoms with Gasteiger partial charge in [0.05, 0.1) is 7.11 Å². The Hall–Kier alpha value is -4.21. The normalized spacial score (nSPS) is 11.9. The molecule has 9 nitrogen and oxygen atoms in total. The number of amides is 3. The van der Waals surface area contributed by atoms with Crippen LogP contribution in [0.25, 0.3) is 0 Å². The maximum absolute atomic E-state index is 13.7. The lowest BCUT2D eigenvalue weighted by Gasteiger charge is -2.34. The van der Waals surface area contributed by atoms with Crippen LogP contribution < -0.4 is 20.3 Å². The number of hydrogen-bond donors (Lipinski definition) is 2. The highest BCUT2D eigenvalue weighted by molar-refractivity contribution is 6.03. The van der Waals surface area contributed by atoms with Crippen LogP contribution in [0.3, 0.4) is 0 Å². The first kappa shape index (κ1) is 27.4. The van der Waals surface area contributed by atoms with Gasteiger partial charge in [-0.3, -0.25) is 19.3 Å². The molecule has 0 saturated heterocycles. The van der Waals surface area contributed by atoms with Gasteiger partial charge in [0, 0.05) is 30.1 Å². The lowest BCUT2D eigenvalue weighted by Crippen LogP contribution is -2.49. The molecule has 0 radical (unpaired) electrons. The second-order valence-corrected chi connectivity index (χ2v) is 9.53. The van der Waals surface area contributed by atoms with Gasteiger partial charge in [-0.2, -0.15) is 0 Å². The molecule has 2 aromatic carbocycles. The highest BCUT2D eigenvalue weighted by Gasteiger charge is 2.34. The summed E-state index contributed by atoms with van der Waals surface area (Å²) in [4.78, 5) is 40.9. The molecular weight excluding hydrogens is 479 g/mol. The Morgan fingerprint density at radius 3 is 2.24 bits per heavy atom. The van der Waals surface area contributed by atoms with E-state index in [-0.39, 0.29) is 18.7 Å². The zero-order chi connectivity index (χ0) is 27.2. The van der Waals surface area contributed by atoms with Crippen LogP contribution in [0.1, 0.15) is 51.0 Å². The van der Waals surface area contributed by atoms with Crippen LogP contribution >= 0.6 is 0 Å². The lowest BCUT2D eigenvalue weighted by atomic mass is 10.00. The standard InChI is InChI=1S/C27H31FN4O5/c1-17-16-22(31-37-17)29-23(33)14-15-24(34)32(20-10-8-19(28)9-11-20)25(26(35)30-27(2,3)4)18-6-12-21(36-5)13-7-18/h6-13,16,25H,14-15H2,1-5H3,(H,30,35)(H,29,31,33)/t25-/m0/s1. The average Bonchev–Trinajstić information content (AvgIpc) is 3.25. The van der Waals surface area contributed by atoms with Crippen LogP contribution in [-0.4, -0.2) is 35.5 Å². The zero-order valence-corrected chi connectivity index (χ0v) is 21.5. The quantitative estimate of drug-likeness (QED) is 0.437. The predicted octanol–water partition coefficient (Wildman–Crippen LogP) is 4.54. The van der Waals surface area contributed by atoms with Gasteiger partial charge in [-0.15, -0.1) is 0 Å². The van der Waals surface area contributed by atoms with Crippen molar-refractivity contribution in [3.63, 3.8) is 0 Å². The van der Waals surface area contributed by atoms with Crippen molar-refractivity contribution in [2.24, 2.45) is 0 Å². The largest absolute Gasteiger partial charge is 0.497 e. The van der Waals surface area contributed by atoms with E-state index in [1.165, 1.54) is 36.3 Å². The molecule has 1 aromatic heterocycles. The number of nitrogens with one attached hydrogen (secondary N) is 2. The second-order valence-electron chi connectivity index (χ2n) is 9.53. The van der Waals surface area contributed by atoms with E-state index in [4.69, 9.17) is 9.26 Å². The first-order valence-electron chi connectivity index (χ1n) is 11.7. The highest BCUT2D eigenvalue weighted by atomic mass is 19.1. The van der Waals surface area contributed by atoms with E-state index in [2.05, 4.69) is 15.8 Å². The summed E-state index contributed by atoms with van der Waals surface area (Å²) in [5, 5.41) is 9.21. The highest BCUT2D eigenvalue weighted by Crippen LogP contribution is 2.31. The van der Waals surface area contributed by atoms with Crippen LogP contribution in [-0.2, 0) is 14.4 Å². The summed E-state index contributed by atoms with van der Waals surface area (Å²) >= 11 is 0. The Morgan fingerprint density at radius 1 is 1.05 bits per heavy atom. The zero-order valence-electron chi connectivity index (χ0n) is 21.5. The molecular formula is C27H31FN4O5. The summed E-state index contributed by atoms with van der Waals surface area (Å²) in [6.07, 6.45) is -0.381. The molecule has 3 aromatic rings. The number of aromatic nitrogens is 1. The fraction of sp³-hybridized carbons (Fsp3) is 0.333. The maximum Gasteiger partial charge on any atom is 0.248 e. The van der Waals surface area contributed by atoms with Crippen LogP contribution in [0.15, 0.2) is 59.1 Å². The molecule has 0 spiro atoms. The van der Waals surface area contributed by atoms with Crippen molar-refractivity contribution in [1.82, 2.24) is 10.5 Å². The molecule has 196 valence electrons. The molecule has 37 heavy (non-hydrogen) atoms. The summed E-state index contributed by atoms with van der Waals surface area (Å²) in [5.41, 5.74) is 0.237. The Morgan fingerprint density at radius 2 is 1.70 bits per heavy atom. The van der Waals surface area contributed by atoms with Crippen LogP contribution in [0.5, 0.6) is 5.75 Å². The summed E-state index contributed by atoms with van der Waals surface area (Å²) in [6.45, 7) is 7.18. The number of ether oxygens (including phenoxy) is 1. The molecule has 2 N–H and O–H groups in total. The van der Waals surface area contributed by atoms with Crippen molar-refractivity contribution < 1.29 is 28.0 Å². The minimum atomic E-state index is -1.09. The summed E-state index contributed by atoms with van der Waals surface area (Å²) < 4.78 is 23.9. The number of aryl methyl sites for hydroxylation is 1. The van der Waals surface area contributed by atoms with E-state index in [0.717, 1.165) is 0 Å². The van der Waals surface area contributed by atoms with Crippen molar-refractivity contribution in [2.75, 3.05) is 17.3 Å². The second kappa shape index (κ2) is 11.7. The Bertz CT molecular complexity index is 1230. The van der Waals surface area contributed by atoms with E-state index in [9.17, 15) is 18.8 Å². The van der Waals surface area contributed by atoms with E-state index >= 15 is 0 Å². The maximum atomic E-state index is 13.7. The molecule has 1 heterocycles. The fourth-order valence-corrected chi connectivity index (χ4v) is 3.65. The number of rotatable bonds is 9. The van der Waals surface area contributed by atoms with Crippen molar-refractivity contribution >= 4 is 29.2 Å². The van der Waals surface area contributed by atoms with E-state index < -0.39 is 35.1 Å². The van der Waals surface area contributed by atoms with Gasteiger partial charge in [0.1, 0.15) is 23.4 Å². The molecule has 1 atom stereocenters. The van der Waals surface area contributed by atoms with Gasteiger partial charge < -0.3 is 19.9 Å². The number of carbonyl (C=O) groups excluding carboxylic acids is 3. The van der Waals surface area contributed by atoms with E-state index in [1.54, 1.807) is 37.3 Å². The number of methoxy groups -OCH3 is 1. The van der Waals surface area contributed by atoms with Crippen molar-refractivity contribution in [2.45, 2.75) is 52.1 Å². The van der Waals surface area contributed by atoms with E-state index in [1.807, 2.05) is 20.8 Å². The number of benzene rings is 2. The number of halogens is 1. The third-order valence-corrected chi connectivity index (χ3v) is 5.27. The molecule has 0 fully saturated rings. The van der Waals surface area contributed by atoms with E-state index in [0.29, 0.717) is 22.8 Å². The molecule has 3 rings (SSSR count). The van der Waals surface area contributed by atoms with Crippen molar-refractivity contribution in [3.05, 3.63) is 71.7 Å². The molecule has 0 unspecified atom stereocenters. The molecule has 0 saturated carbocycles. The van der Waals surface area contributed by atoms with Gasteiger partial charge in [-0.25, -0.2) is 4.39 Å².